The molecular weight excluding hydrogens is 328 g/mol. The van der Waals surface area contributed by atoms with Gasteiger partial charge >= 0.3 is 0 Å². The maximum absolute atomic E-state index is 5.55. The van der Waals surface area contributed by atoms with Crippen LogP contribution in [0, 0.1) is 0 Å². The molecule has 26 heavy (non-hydrogen) atoms. The predicted octanol–water partition coefficient (Wildman–Crippen LogP) is 2.79. The molecule has 0 saturated heterocycles. The summed E-state index contributed by atoms with van der Waals surface area (Å²) in [5.41, 5.74) is 2.12. The molecule has 0 unspecified atom stereocenters. The topological polar surface area (TPSA) is 67.8 Å². The minimum Gasteiger partial charge on any atom is -0.493 e. The fourth-order valence-electron chi connectivity index (χ4n) is 2.45. The molecule has 1 aromatic heterocycles. The molecule has 0 aliphatic carbocycles. The van der Waals surface area contributed by atoms with Crippen LogP contribution in [0.3, 0.4) is 0 Å². The third-order valence-electron chi connectivity index (χ3n) is 3.69. The lowest BCUT2D eigenvalue weighted by molar-refractivity contribution is 0.310. The lowest BCUT2D eigenvalue weighted by Crippen LogP contribution is -2.38. The van der Waals surface area contributed by atoms with Gasteiger partial charge in [-0.3, -0.25) is 4.98 Å². The zero-order valence-electron chi connectivity index (χ0n) is 15.8. The number of guanidine groups is 1. The highest BCUT2D eigenvalue weighted by Gasteiger charge is 2.05. The Bertz CT molecular complexity index is 689. The Morgan fingerprint density at radius 2 is 2.00 bits per heavy atom. The van der Waals surface area contributed by atoms with E-state index in [0.717, 1.165) is 48.2 Å². The summed E-state index contributed by atoms with van der Waals surface area (Å²) in [7, 11) is 1.65. The van der Waals surface area contributed by atoms with Gasteiger partial charge in [-0.15, -0.1) is 0 Å². The zero-order chi connectivity index (χ0) is 18.6. The van der Waals surface area contributed by atoms with Gasteiger partial charge in [0.1, 0.15) is 0 Å². The van der Waals surface area contributed by atoms with Crippen LogP contribution in [0.25, 0.3) is 0 Å². The SMILES string of the molecule is CCNC(=NCc1ccc(OCC)c(OC)c1)NCCc1ccccn1. The monoisotopic (exact) mass is 356 g/mol. The molecular formula is C20H28N4O2. The van der Waals surface area contributed by atoms with Gasteiger partial charge in [0.05, 0.1) is 20.3 Å². The van der Waals surface area contributed by atoms with E-state index in [2.05, 4.69) is 27.5 Å². The summed E-state index contributed by atoms with van der Waals surface area (Å²) in [5, 5.41) is 6.60. The minimum atomic E-state index is 0.557. The third-order valence-corrected chi connectivity index (χ3v) is 3.69. The van der Waals surface area contributed by atoms with Crippen molar-refractivity contribution in [3.05, 3.63) is 53.9 Å². The maximum Gasteiger partial charge on any atom is 0.191 e. The van der Waals surface area contributed by atoms with Crippen LogP contribution >= 0.6 is 0 Å². The van der Waals surface area contributed by atoms with E-state index in [1.54, 1.807) is 7.11 Å². The Balaban J connectivity index is 1.95. The second-order valence-corrected chi connectivity index (χ2v) is 5.61. The number of ether oxygens (including phenoxy) is 2. The maximum atomic E-state index is 5.55. The standard InChI is InChI=1S/C20H28N4O2/c1-4-21-20(23-13-11-17-8-6-7-12-22-17)24-15-16-9-10-18(26-5-2)19(14-16)25-3/h6-10,12,14H,4-5,11,13,15H2,1-3H3,(H2,21,23,24). The molecule has 0 spiro atoms. The van der Waals surface area contributed by atoms with Crippen molar-refractivity contribution >= 4 is 5.96 Å². The van der Waals surface area contributed by atoms with E-state index in [1.807, 2.05) is 49.5 Å². The van der Waals surface area contributed by atoms with E-state index >= 15 is 0 Å². The molecule has 2 aromatic rings. The van der Waals surface area contributed by atoms with Crippen LogP contribution in [0.15, 0.2) is 47.6 Å². The normalized spacial score (nSPS) is 11.1. The average molecular weight is 356 g/mol. The first-order valence-corrected chi connectivity index (χ1v) is 8.98. The summed E-state index contributed by atoms with van der Waals surface area (Å²) in [6.07, 6.45) is 2.66. The highest BCUT2D eigenvalue weighted by atomic mass is 16.5. The second kappa shape index (κ2) is 11.0. The smallest absolute Gasteiger partial charge is 0.191 e. The van der Waals surface area contributed by atoms with E-state index in [1.165, 1.54) is 0 Å². The summed E-state index contributed by atoms with van der Waals surface area (Å²) >= 11 is 0. The van der Waals surface area contributed by atoms with Gasteiger partial charge in [-0.1, -0.05) is 12.1 Å². The van der Waals surface area contributed by atoms with Crippen molar-refractivity contribution < 1.29 is 9.47 Å². The number of benzene rings is 1. The summed E-state index contributed by atoms with van der Waals surface area (Å²) in [6.45, 7) is 6.75. The van der Waals surface area contributed by atoms with Gasteiger partial charge in [-0.25, -0.2) is 4.99 Å². The van der Waals surface area contributed by atoms with Crippen LogP contribution in [-0.2, 0) is 13.0 Å². The summed E-state index contributed by atoms with van der Waals surface area (Å²) in [4.78, 5) is 8.98. The van der Waals surface area contributed by atoms with Gasteiger partial charge in [-0.05, 0) is 43.7 Å². The van der Waals surface area contributed by atoms with Gasteiger partial charge < -0.3 is 20.1 Å². The number of hydrogen-bond acceptors (Lipinski definition) is 4. The highest BCUT2D eigenvalue weighted by Crippen LogP contribution is 2.28. The van der Waals surface area contributed by atoms with Gasteiger partial charge in [0.25, 0.3) is 0 Å². The zero-order valence-corrected chi connectivity index (χ0v) is 15.8. The molecule has 0 radical (unpaired) electrons. The van der Waals surface area contributed by atoms with Gasteiger partial charge in [0, 0.05) is 31.4 Å². The molecule has 0 saturated carbocycles. The first kappa shape index (κ1) is 19.6. The molecule has 6 heteroatoms. The van der Waals surface area contributed by atoms with E-state index in [9.17, 15) is 0 Å². The van der Waals surface area contributed by atoms with Crippen LogP contribution in [0.5, 0.6) is 11.5 Å². The number of rotatable bonds is 9. The van der Waals surface area contributed by atoms with Crippen LogP contribution in [0.1, 0.15) is 25.1 Å². The average Bonchev–Trinajstić information content (AvgIpc) is 2.68. The fraction of sp³-hybridized carbons (Fsp3) is 0.400. The van der Waals surface area contributed by atoms with Gasteiger partial charge in [0.15, 0.2) is 17.5 Å². The Morgan fingerprint density at radius 3 is 2.69 bits per heavy atom. The van der Waals surface area contributed by atoms with Crippen molar-refractivity contribution in [1.29, 1.82) is 0 Å². The third kappa shape index (κ3) is 6.27. The Kier molecular flexibility index (Phi) is 8.26. The Hall–Kier alpha value is -2.76. The number of hydrogen-bond donors (Lipinski definition) is 2. The number of nitrogens with one attached hydrogen (secondary N) is 2. The quantitative estimate of drug-likeness (QED) is 0.534. The molecule has 0 atom stereocenters. The molecule has 0 aliphatic heterocycles. The van der Waals surface area contributed by atoms with E-state index < -0.39 is 0 Å². The fourth-order valence-corrected chi connectivity index (χ4v) is 2.45. The summed E-state index contributed by atoms with van der Waals surface area (Å²) < 4.78 is 10.9. The summed E-state index contributed by atoms with van der Waals surface area (Å²) in [6, 6.07) is 11.8. The number of nitrogens with zero attached hydrogens (tertiary/aromatic N) is 2. The second-order valence-electron chi connectivity index (χ2n) is 5.61. The van der Waals surface area contributed by atoms with Gasteiger partial charge in [0.2, 0.25) is 0 Å². The Morgan fingerprint density at radius 1 is 1.12 bits per heavy atom. The van der Waals surface area contributed by atoms with Crippen LogP contribution < -0.4 is 20.1 Å². The highest BCUT2D eigenvalue weighted by molar-refractivity contribution is 5.79. The molecule has 2 rings (SSSR count). The predicted molar refractivity (Wildman–Crippen MR) is 105 cm³/mol. The first-order chi connectivity index (χ1) is 12.8. The van der Waals surface area contributed by atoms with Crippen molar-refractivity contribution in [2.24, 2.45) is 4.99 Å². The lowest BCUT2D eigenvalue weighted by atomic mass is 10.2. The van der Waals surface area contributed by atoms with Crippen molar-refractivity contribution in [3.8, 4) is 11.5 Å². The number of methoxy groups -OCH3 is 1. The summed E-state index contributed by atoms with van der Waals surface area (Å²) in [5.74, 6) is 2.27. The van der Waals surface area contributed by atoms with Crippen LogP contribution in [0.2, 0.25) is 0 Å². The van der Waals surface area contributed by atoms with Crippen molar-refractivity contribution in [2.45, 2.75) is 26.8 Å². The minimum absolute atomic E-state index is 0.557. The molecule has 1 aromatic carbocycles. The number of pyridine rings is 1. The molecule has 6 nitrogen and oxygen atoms in total. The molecule has 1 heterocycles. The van der Waals surface area contributed by atoms with Crippen LogP contribution in [0.4, 0.5) is 0 Å². The Labute approximate surface area is 155 Å². The molecule has 2 N–H and O–H groups in total. The van der Waals surface area contributed by atoms with Crippen LogP contribution in [-0.4, -0.2) is 37.7 Å². The molecule has 0 bridgehead atoms. The van der Waals surface area contributed by atoms with E-state index in [4.69, 9.17) is 9.47 Å². The lowest BCUT2D eigenvalue weighted by Gasteiger charge is -2.12. The van der Waals surface area contributed by atoms with Gasteiger partial charge in [-0.2, -0.15) is 0 Å². The molecule has 0 amide bonds. The van der Waals surface area contributed by atoms with E-state index in [-0.39, 0.29) is 0 Å². The van der Waals surface area contributed by atoms with Crippen molar-refractivity contribution in [2.75, 3.05) is 26.8 Å². The molecule has 0 aliphatic rings. The van der Waals surface area contributed by atoms with Crippen molar-refractivity contribution in [3.63, 3.8) is 0 Å². The molecule has 0 fully saturated rings. The van der Waals surface area contributed by atoms with E-state index in [0.29, 0.717) is 13.2 Å². The van der Waals surface area contributed by atoms with Crippen molar-refractivity contribution in [1.82, 2.24) is 15.6 Å². The molecule has 140 valence electrons. The number of aliphatic imine (C=N–C) groups is 1. The largest absolute Gasteiger partial charge is 0.493 e. The number of aromatic nitrogens is 1. The first-order valence-electron chi connectivity index (χ1n) is 8.98.